The van der Waals surface area contributed by atoms with Crippen LogP contribution in [-0.2, 0) is 16.1 Å². The number of carbonyl (C=O) groups excluding carboxylic acids is 1. The number of rotatable bonds is 7. The summed E-state index contributed by atoms with van der Waals surface area (Å²) in [5.74, 6) is 0.584. The number of nitrogens with zero attached hydrogens (tertiary/aromatic N) is 2. The lowest BCUT2D eigenvalue weighted by atomic mass is 10.0. The molecule has 19 heavy (non-hydrogen) atoms. The van der Waals surface area contributed by atoms with Gasteiger partial charge in [0.1, 0.15) is 6.54 Å². The van der Waals surface area contributed by atoms with Crippen LogP contribution in [0.25, 0.3) is 0 Å². The smallest absolute Gasteiger partial charge is 0.241 e. The van der Waals surface area contributed by atoms with Gasteiger partial charge in [-0.05, 0) is 25.7 Å². The zero-order valence-electron chi connectivity index (χ0n) is 11.8. The Morgan fingerprint density at radius 1 is 1.63 bits per heavy atom. The Balaban J connectivity index is 1.87. The van der Waals surface area contributed by atoms with E-state index in [9.17, 15) is 4.79 Å². The molecule has 0 aliphatic heterocycles. The average Bonchev–Trinajstić information content (AvgIpc) is 3.18. The summed E-state index contributed by atoms with van der Waals surface area (Å²) in [7, 11) is 3.37. The van der Waals surface area contributed by atoms with Gasteiger partial charge in [-0.25, -0.2) is 0 Å². The lowest BCUT2D eigenvalue weighted by Crippen LogP contribution is -2.38. The van der Waals surface area contributed by atoms with Gasteiger partial charge in [0.05, 0.1) is 17.5 Å². The number of hydrogen-bond donors (Lipinski definition) is 2. The molecule has 0 aromatic carbocycles. The van der Waals surface area contributed by atoms with Crippen molar-refractivity contribution >= 4 is 11.6 Å². The van der Waals surface area contributed by atoms with Crippen LogP contribution in [0.2, 0.25) is 0 Å². The molecule has 1 aliphatic rings. The molecule has 0 unspecified atom stereocenters. The fourth-order valence-electron chi connectivity index (χ4n) is 2.12. The van der Waals surface area contributed by atoms with Gasteiger partial charge in [0.25, 0.3) is 0 Å². The van der Waals surface area contributed by atoms with Crippen molar-refractivity contribution in [2.75, 3.05) is 26.0 Å². The molecule has 1 amide bonds. The van der Waals surface area contributed by atoms with Crippen molar-refractivity contribution in [1.29, 1.82) is 0 Å². The molecule has 1 aromatic heterocycles. The van der Waals surface area contributed by atoms with Gasteiger partial charge in [0.15, 0.2) is 0 Å². The zero-order chi connectivity index (χ0) is 13.9. The lowest BCUT2D eigenvalue weighted by Gasteiger charge is -2.28. The number of likely N-dealkylation sites (N-methyl/N-ethyl adjacent to an activating group) is 1. The van der Waals surface area contributed by atoms with Crippen LogP contribution >= 0.6 is 0 Å². The summed E-state index contributed by atoms with van der Waals surface area (Å²) >= 11 is 0. The van der Waals surface area contributed by atoms with Gasteiger partial charge in [-0.2, -0.15) is 5.10 Å². The highest BCUT2D eigenvalue weighted by atomic mass is 16.5. The van der Waals surface area contributed by atoms with E-state index < -0.39 is 0 Å². The van der Waals surface area contributed by atoms with Gasteiger partial charge in [-0.1, -0.05) is 0 Å². The number of aromatic nitrogens is 2. The van der Waals surface area contributed by atoms with Gasteiger partial charge in [-0.15, -0.1) is 0 Å². The molecule has 106 valence electrons. The maximum absolute atomic E-state index is 11.2. The van der Waals surface area contributed by atoms with Crippen LogP contribution in [0.4, 0.5) is 5.69 Å². The van der Waals surface area contributed by atoms with Crippen molar-refractivity contribution in [2.45, 2.75) is 31.9 Å². The number of hydrogen-bond acceptors (Lipinski definition) is 4. The highest BCUT2D eigenvalue weighted by molar-refractivity contribution is 5.75. The molecular formula is C13H22N4O2. The predicted molar refractivity (Wildman–Crippen MR) is 72.9 cm³/mol. The first-order valence-corrected chi connectivity index (χ1v) is 6.59. The predicted octanol–water partition coefficient (Wildman–Crippen LogP) is 0.856. The fraction of sp³-hybridized carbons (Fsp3) is 0.692. The van der Waals surface area contributed by atoms with Gasteiger partial charge < -0.3 is 15.4 Å². The molecule has 1 aromatic rings. The molecule has 6 heteroatoms. The van der Waals surface area contributed by atoms with Crippen LogP contribution in [0.1, 0.15) is 19.8 Å². The molecule has 0 saturated heterocycles. The Hall–Kier alpha value is -1.56. The van der Waals surface area contributed by atoms with Gasteiger partial charge in [0, 0.05) is 26.9 Å². The summed E-state index contributed by atoms with van der Waals surface area (Å²) in [4.78, 5) is 11.2. The maximum Gasteiger partial charge on any atom is 0.241 e. The van der Waals surface area contributed by atoms with Crippen molar-refractivity contribution in [3.8, 4) is 0 Å². The average molecular weight is 266 g/mol. The summed E-state index contributed by atoms with van der Waals surface area (Å²) in [6.07, 6.45) is 6.04. The minimum Gasteiger partial charge on any atom is -0.380 e. The monoisotopic (exact) mass is 266 g/mol. The molecule has 0 radical (unpaired) electrons. The Kier molecular flexibility index (Phi) is 4.09. The second-order valence-electron chi connectivity index (χ2n) is 5.24. The maximum atomic E-state index is 11.2. The van der Waals surface area contributed by atoms with Crippen molar-refractivity contribution in [2.24, 2.45) is 5.92 Å². The van der Waals surface area contributed by atoms with E-state index in [4.69, 9.17) is 4.74 Å². The Morgan fingerprint density at radius 3 is 2.95 bits per heavy atom. The molecule has 0 spiro atoms. The van der Waals surface area contributed by atoms with Crippen LogP contribution in [0, 0.1) is 5.92 Å². The second kappa shape index (κ2) is 5.61. The molecule has 0 bridgehead atoms. The molecule has 1 heterocycles. The highest BCUT2D eigenvalue weighted by Crippen LogP contribution is 2.41. The summed E-state index contributed by atoms with van der Waals surface area (Å²) < 4.78 is 7.23. The van der Waals surface area contributed by atoms with E-state index in [2.05, 4.69) is 22.7 Å². The second-order valence-corrected chi connectivity index (χ2v) is 5.24. The molecule has 2 N–H and O–H groups in total. The zero-order valence-corrected chi connectivity index (χ0v) is 11.8. The van der Waals surface area contributed by atoms with E-state index in [0.29, 0.717) is 5.92 Å². The molecule has 1 saturated carbocycles. The molecular weight excluding hydrogens is 244 g/mol. The number of anilines is 1. The van der Waals surface area contributed by atoms with E-state index >= 15 is 0 Å². The summed E-state index contributed by atoms with van der Waals surface area (Å²) in [6.45, 7) is 3.12. The van der Waals surface area contributed by atoms with Crippen LogP contribution in [0.3, 0.4) is 0 Å². The quantitative estimate of drug-likeness (QED) is 0.768. The van der Waals surface area contributed by atoms with Crippen LogP contribution in [0.15, 0.2) is 12.4 Å². The normalized spacial score (nSPS) is 17.8. The molecule has 2 rings (SSSR count). The van der Waals surface area contributed by atoms with E-state index in [-0.39, 0.29) is 18.1 Å². The van der Waals surface area contributed by atoms with Crippen molar-refractivity contribution in [3.05, 3.63) is 12.4 Å². The summed E-state index contributed by atoms with van der Waals surface area (Å²) in [5.41, 5.74) is 0.788. The number of methoxy groups -OCH3 is 1. The standard InChI is InChI=1S/C13H22N4O2/c1-13(19-3,10-4-5-10)9-15-11-6-16-17(7-11)8-12(18)14-2/h6-7,10,15H,4-5,8-9H2,1-3H3,(H,14,18)/t13-/m1/s1. The minimum absolute atomic E-state index is 0.0608. The van der Waals surface area contributed by atoms with Crippen molar-refractivity contribution < 1.29 is 9.53 Å². The topological polar surface area (TPSA) is 68.2 Å². The lowest BCUT2D eigenvalue weighted by molar-refractivity contribution is -0.121. The minimum atomic E-state index is -0.122. The number of ether oxygens (including phenoxy) is 1. The van der Waals surface area contributed by atoms with E-state index in [1.165, 1.54) is 12.8 Å². The van der Waals surface area contributed by atoms with E-state index in [0.717, 1.165) is 12.2 Å². The van der Waals surface area contributed by atoms with Gasteiger partial charge >= 0.3 is 0 Å². The highest BCUT2D eigenvalue weighted by Gasteiger charge is 2.41. The number of amides is 1. The Morgan fingerprint density at radius 2 is 2.37 bits per heavy atom. The third-order valence-electron chi connectivity index (χ3n) is 3.77. The Labute approximate surface area is 113 Å². The van der Waals surface area contributed by atoms with E-state index in [1.807, 2.05) is 6.20 Å². The SMILES string of the molecule is CNC(=O)Cn1cc(NC[C@@](C)(OC)C2CC2)cn1. The number of nitrogens with one attached hydrogen (secondary N) is 2. The van der Waals surface area contributed by atoms with Crippen LogP contribution in [-0.4, -0.2) is 42.0 Å². The van der Waals surface area contributed by atoms with Crippen molar-refractivity contribution in [3.63, 3.8) is 0 Å². The molecule has 6 nitrogen and oxygen atoms in total. The largest absolute Gasteiger partial charge is 0.380 e. The first-order valence-electron chi connectivity index (χ1n) is 6.59. The van der Waals surface area contributed by atoms with Crippen LogP contribution < -0.4 is 10.6 Å². The fourth-order valence-corrected chi connectivity index (χ4v) is 2.12. The van der Waals surface area contributed by atoms with Crippen LogP contribution in [0.5, 0.6) is 0 Å². The summed E-state index contributed by atoms with van der Waals surface area (Å²) in [5, 5.41) is 10.0. The van der Waals surface area contributed by atoms with E-state index in [1.54, 1.807) is 25.0 Å². The number of carbonyl (C=O) groups is 1. The third kappa shape index (κ3) is 3.47. The summed E-state index contributed by atoms with van der Waals surface area (Å²) in [6, 6.07) is 0. The Bertz CT molecular complexity index is 442. The third-order valence-corrected chi connectivity index (χ3v) is 3.77. The van der Waals surface area contributed by atoms with Crippen molar-refractivity contribution in [1.82, 2.24) is 15.1 Å². The molecule has 1 fully saturated rings. The van der Waals surface area contributed by atoms with Gasteiger partial charge in [-0.3, -0.25) is 9.48 Å². The molecule has 1 aliphatic carbocycles. The van der Waals surface area contributed by atoms with Gasteiger partial charge in [0.2, 0.25) is 5.91 Å². The first kappa shape index (κ1) is 13.9. The molecule has 1 atom stereocenters. The first-order chi connectivity index (χ1) is 9.07.